The fourth-order valence-corrected chi connectivity index (χ4v) is 4.79. The van der Waals surface area contributed by atoms with Crippen molar-refractivity contribution in [3.05, 3.63) is 69.7 Å². The molecule has 0 fully saturated rings. The van der Waals surface area contributed by atoms with Gasteiger partial charge in [-0.2, -0.15) is 4.37 Å². The number of aryl methyl sites for hydroxylation is 2. The predicted molar refractivity (Wildman–Crippen MR) is 154 cm³/mol. The Morgan fingerprint density at radius 2 is 1.71 bits per heavy atom. The molecule has 3 aromatic rings. The van der Waals surface area contributed by atoms with E-state index in [1.807, 2.05) is 96.1 Å². The summed E-state index contributed by atoms with van der Waals surface area (Å²) >= 11 is 0.788. The Hall–Kier alpha value is -3.92. The molecule has 0 spiro atoms. The number of anilines is 3. The van der Waals surface area contributed by atoms with E-state index in [4.69, 9.17) is 11.5 Å². The third-order valence-corrected chi connectivity index (χ3v) is 7.41. The molecular weight excluding hydrogens is 500 g/mol. The molecule has 0 aliphatic carbocycles. The van der Waals surface area contributed by atoms with Gasteiger partial charge in [-0.3, -0.25) is 19.3 Å². The van der Waals surface area contributed by atoms with Crippen LogP contribution in [0.25, 0.3) is 0 Å². The molecule has 202 valence electrons. The Morgan fingerprint density at radius 1 is 1.08 bits per heavy atom. The first-order chi connectivity index (χ1) is 17.8. The third-order valence-electron chi connectivity index (χ3n) is 6.56. The number of hydrogen-bond acceptors (Lipinski definition) is 7. The van der Waals surface area contributed by atoms with Crippen molar-refractivity contribution in [3.63, 3.8) is 0 Å². The summed E-state index contributed by atoms with van der Waals surface area (Å²) in [6, 6.07) is 12.1. The maximum absolute atomic E-state index is 14.2. The lowest BCUT2D eigenvalue weighted by atomic mass is 9.97. The fraction of sp³-hybridized carbons (Fsp3) is 0.357. The van der Waals surface area contributed by atoms with Crippen molar-refractivity contribution < 1.29 is 14.4 Å². The van der Waals surface area contributed by atoms with Crippen LogP contribution in [0, 0.1) is 13.8 Å². The van der Waals surface area contributed by atoms with Crippen LogP contribution in [-0.2, 0) is 4.79 Å². The molecule has 9 nitrogen and oxygen atoms in total. The number of nitrogens with two attached hydrogens (primary N) is 2. The van der Waals surface area contributed by atoms with Crippen molar-refractivity contribution in [1.29, 1.82) is 0 Å². The number of carbonyl (C=O) groups is 3. The largest absolute Gasteiger partial charge is 0.395 e. The number of benzene rings is 2. The summed E-state index contributed by atoms with van der Waals surface area (Å²) in [6.07, 6.45) is 0.687. The summed E-state index contributed by atoms with van der Waals surface area (Å²) < 4.78 is 4.02. The number of nitrogens with one attached hydrogen (secondary N) is 1. The second-order valence-electron chi connectivity index (χ2n) is 10.2. The number of amides is 3. The monoisotopic (exact) mass is 536 g/mol. The van der Waals surface area contributed by atoms with E-state index < -0.39 is 23.4 Å². The minimum Gasteiger partial charge on any atom is -0.395 e. The Labute approximate surface area is 228 Å². The second-order valence-corrected chi connectivity index (χ2v) is 11.0. The molecule has 0 aliphatic rings. The molecule has 10 heteroatoms. The van der Waals surface area contributed by atoms with E-state index in [1.54, 1.807) is 0 Å². The standard InChI is InChI=1S/C28H36N6O3S/c1-8-28(4,5)31-26(36)23(18-10-12-19(13-11-18)33(6)7)34(20-14-9-16(2)15-17(20)3)27(37)24-21(29)22(25(30)35)32-38-24/h9-15,23H,8,29H2,1-7H3,(H2,30,35)(H,31,36)/t23-/m1/s1. The molecule has 1 atom stereocenters. The number of aromatic nitrogens is 1. The van der Waals surface area contributed by atoms with Gasteiger partial charge in [0.05, 0.1) is 5.69 Å². The van der Waals surface area contributed by atoms with Crippen LogP contribution in [0.15, 0.2) is 42.5 Å². The lowest BCUT2D eigenvalue weighted by molar-refractivity contribution is -0.124. The van der Waals surface area contributed by atoms with Crippen LogP contribution in [0.5, 0.6) is 0 Å². The van der Waals surface area contributed by atoms with Crippen molar-refractivity contribution in [2.75, 3.05) is 29.6 Å². The quantitative estimate of drug-likeness (QED) is 0.375. The summed E-state index contributed by atoms with van der Waals surface area (Å²) in [7, 11) is 3.86. The highest BCUT2D eigenvalue weighted by Gasteiger charge is 2.38. The Bertz CT molecular complexity index is 1350. The van der Waals surface area contributed by atoms with Crippen molar-refractivity contribution in [2.24, 2.45) is 5.73 Å². The zero-order chi connectivity index (χ0) is 28.4. The fourth-order valence-electron chi connectivity index (χ4n) is 4.04. The maximum atomic E-state index is 14.2. The molecule has 5 N–H and O–H groups in total. The van der Waals surface area contributed by atoms with E-state index in [0.717, 1.165) is 28.3 Å². The Morgan fingerprint density at radius 3 is 2.21 bits per heavy atom. The number of rotatable bonds is 9. The van der Waals surface area contributed by atoms with Crippen molar-refractivity contribution in [1.82, 2.24) is 9.69 Å². The van der Waals surface area contributed by atoms with Gasteiger partial charge >= 0.3 is 0 Å². The third kappa shape index (κ3) is 5.96. The van der Waals surface area contributed by atoms with Gasteiger partial charge in [0.25, 0.3) is 11.8 Å². The molecule has 3 amide bonds. The first-order valence-electron chi connectivity index (χ1n) is 12.3. The summed E-state index contributed by atoms with van der Waals surface area (Å²) in [5, 5.41) is 3.11. The van der Waals surface area contributed by atoms with Crippen molar-refractivity contribution in [2.45, 2.75) is 52.6 Å². The van der Waals surface area contributed by atoms with Crippen molar-refractivity contribution in [3.8, 4) is 0 Å². The number of nitrogen functional groups attached to an aromatic ring is 1. The smallest absolute Gasteiger partial charge is 0.273 e. The molecule has 0 bridgehead atoms. The van der Waals surface area contributed by atoms with Gasteiger partial charge in [-0.15, -0.1) is 0 Å². The van der Waals surface area contributed by atoms with E-state index >= 15 is 0 Å². The first kappa shape index (κ1) is 28.6. The predicted octanol–water partition coefficient (Wildman–Crippen LogP) is 4.20. The van der Waals surface area contributed by atoms with Gasteiger partial charge < -0.3 is 21.7 Å². The van der Waals surface area contributed by atoms with E-state index in [9.17, 15) is 14.4 Å². The van der Waals surface area contributed by atoms with E-state index in [2.05, 4.69) is 9.69 Å². The summed E-state index contributed by atoms with van der Waals surface area (Å²) in [4.78, 5) is 43.5. The molecule has 2 aromatic carbocycles. The van der Waals surface area contributed by atoms with Gasteiger partial charge in [0.1, 0.15) is 10.9 Å². The molecular formula is C28H36N6O3S. The van der Waals surface area contributed by atoms with Gasteiger partial charge in [0.15, 0.2) is 5.69 Å². The highest BCUT2D eigenvalue weighted by molar-refractivity contribution is 7.09. The van der Waals surface area contributed by atoms with Crippen LogP contribution in [0.1, 0.15) is 70.1 Å². The van der Waals surface area contributed by atoms with Gasteiger partial charge in [0.2, 0.25) is 5.91 Å². The zero-order valence-electron chi connectivity index (χ0n) is 23.0. The molecule has 0 saturated carbocycles. The molecule has 0 saturated heterocycles. The van der Waals surface area contributed by atoms with E-state index in [-0.39, 0.29) is 22.2 Å². The van der Waals surface area contributed by atoms with Gasteiger partial charge in [0, 0.05) is 31.0 Å². The normalized spacial score (nSPS) is 12.1. The van der Waals surface area contributed by atoms with Gasteiger partial charge in [-0.25, -0.2) is 0 Å². The van der Waals surface area contributed by atoms with Gasteiger partial charge in [-0.05, 0) is 75.0 Å². The first-order valence-corrected chi connectivity index (χ1v) is 13.1. The SMILES string of the molecule is CCC(C)(C)NC(=O)[C@@H](c1ccc(N(C)C)cc1)N(C(=O)c1snc(C(N)=O)c1N)c1ccc(C)cc1C. The van der Waals surface area contributed by atoms with Crippen LogP contribution in [-0.4, -0.2) is 41.7 Å². The molecule has 0 unspecified atom stereocenters. The lowest BCUT2D eigenvalue weighted by Crippen LogP contribution is -2.50. The average Bonchev–Trinajstić information content (AvgIpc) is 3.24. The Balaban J connectivity index is 2.28. The highest BCUT2D eigenvalue weighted by Crippen LogP contribution is 2.36. The molecule has 3 rings (SSSR count). The molecule has 38 heavy (non-hydrogen) atoms. The molecule has 0 aliphatic heterocycles. The highest BCUT2D eigenvalue weighted by atomic mass is 32.1. The van der Waals surface area contributed by atoms with E-state index in [1.165, 1.54) is 4.90 Å². The topological polar surface area (TPSA) is 135 Å². The number of nitrogens with zero attached hydrogens (tertiary/aromatic N) is 3. The molecule has 1 heterocycles. The number of carbonyl (C=O) groups excluding carboxylic acids is 3. The second kappa shape index (κ2) is 11.2. The van der Waals surface area contributed by atoms with E-state index in [0.29, 0.717) is 17.7 Å². The average molecular weight is 537 g/mol. The summed E-state index contributed by atoms with van der Waals surface area (Å²) in [6.45, 7) is 9.68. The van der Waals surface area contributed by atoms with Gasteiger partial charge in [-0.1, -0.05) is 36.8 Å². The maximum Gasteiger partial charge on any atom is 0.273 e. The lowest BCUT2D eigenvalue weighted by Gasteiger charge is -2.35. The number of hydrogen-bond donors (Lipinski definition) is 3. The Kier molecular flexibility index (Phi) is 8.46. The minimum atomic E-state index is -1.04. The van der Waals surface area contributed by atoms with Crippen LogP contribution in [0.4, 0.5) is 17.1 Å². The molecule has 1 aromatic heterocycles. The van der Waals surface area contributed by atoms with Crippen LogP contribution >= 0.6 is 11.5 Å². The van der Waals surface area contributed by atoms with Crippen LogP contribution in [0.3, 0.4) is 0 Å². The molecule has 0 radical (unpaired) electrons. The summed E-state index contributed by atoms with van der Waals surface area (Å²) in [5.41, 5.74) is 14.7. The summed E-state index contributed by atoms with van der Waals surface area (Å²) in [5.74, 6) is -1.72. The number of primary amides is 1. The minimum absolute atomic E-state index is 0.0382. The van der Waals surface area contributed by atoms with Crippen LogP contribution < -0.4 is 26.6 Å². The van der Waals surface area contributed by atoms with Crippen molar-refractivity contribution >= 4 is 46.3 Å². The van der Waals surface area contributed by atoms with Crippen LogP contribution in [0.2, 0.25) is 0 Å². The zero-order valence-corrected chi connectivity index (χ0v) is 23.8.